The minimum atomic E-state index is -3.64. The van der Waals surface area contributed by atoms with Crippen LogP contribution in [-0.2, 0) is 27.4 Å². The van der Waals surface area contributed by atoms with E-state index in [2.05, 4.69) is 9.05 Å². The van der Waals surface area contributed by atoms with Gasteiger partial charge in [0.05, 0.1) is 0 Å². The molecular formula is C8H19O6PSi. The molecule has 1 atom stereocenters. The lowest BCUT2D eigenvalue weighted by atomic mass is 10.4. The molecule has 16 heavy (non-hydrogen) atoms. The smallest absolute Gasteiger partial charge is 0.475 e. The van der Waals surface area contributed by atoms with Crippen molar-refractivity contribution in [1.29, 1.82) is 0 Å². The van der Waals surface area contributed by atoms with Crippen molar-refractivity contribution in [3.8, 4) is 0 Å². The number of carbonyl (C=O) groups is 1. The Morgan fingerprint density at radius 1 is 1.19 bits per heavy atom. The van der Waals surface area contributed by atoms with Gasteiger partial charge < -0.3 is 4.43 Å². The predicted octanol–water partition coefficient (Wildman–Crippen LogP) is 2.17. The molecule has 0 aliphatic carbocycles. The molecule has 0 rings (SSSR count). The van der Waals surface area contributed by atoms with Crippen LogP contribution in [0.5, 0.6) is 0 Å². The molecule has 6 nitrogen and oxygen atoms in total. The topological polar surface area (TPSA) is 71.1 Å². The van der Waals surface area contributed by atoms with Crippen molar-refractivity contribution in [2.75, 3.05) is 14.2 Å². The Bertz CT molecular complexity index is 279. The summed E-state index contributed by atoms with van der Waals surface area (Å²) in [6.07, 6.45) is -0.988. The summed E-state index contributed by atoms with van der Waals surface area (Å²) in [6.45, 7) is 7.03. The Kier molecular flexibility index (Phi) is 5.85. The molecule has 0 aliphatic heterocycles. The number of phosphoric ester groups is 1. The highest BCUT2D eigenvalue weighted by Gasteiger charge is 2.32. The highest BCUT2D eigenvalue weighted by molar-refractivity contribution is 7.48. The van der Waals surface area contributed by atoms with E-state index in [-0.39, 0.29) is 0 Å². The van der Waals surface area contributed by atoms with Crippen LogP contribution in [0.1, 0.15) is 6.92 Å². The minimum absolute atomic E-state index is 0.562. The summed E-state index contributed by atoms with van der Waals surface area (Å²) >= 11 is 0. The van der Waals surface area contributed by atoms with Crippen LogP contribution in [0.4, 0.5) is 0 Å². The van der Waals surface area contributed by atoms with Crippen LogP contribution in [0.15, 0.2) is 0 Å². The van der Waals surface area contributed by atoms with Gasteiger partial charge in [0.25, 0.3) is 0 Å². The van der Waals surface area contributed by atoms with Gasteiger partial charge in [0.2, 0.25) is 8.32 Å². The quantitative estimate of drug-likeness (QED) is 0.544. The molecule has 0 aliphatic rings. The summed E-state index contributed by atoms with van der Waals surface area (Å²) in [5.41, 5.74) is 0. The highest BCUT2D eigenvalue weighted by atomic mass is 31.2. The van der Waals surface area contributed by atoms with Crippen LogP contribution in [0, 0.1) is 0 Å². The van der Waals surface area contributed by atoms with E-state index in [1.54, 1.807) is 0 Å². The molecule has 0 aromatic rings. The molecule has 0 bridgehead atoms. The van der Waals surface area contributed by atoms with Crippen molar-refractivity contribution < 1.29 is 27.4 Å². The van der Waals surface area contributed by atoms with Gasteiger partial charge in [-0.1, -0.05) is 0 Å². The molecule has 0 heterocycles. The van der Waals surface area contributed by atoms with Gasteiger partial charge in [-0.05, 0) is 26.6 Å². The first-order valence-corrected chi connectivity index (χ1v) is 9.63. The van der Waals surface area contributed by atoms with E-state index in [1.165, 1.54) is 21.1 Å². The van der Waals surface area contributed by atoms with Crippen molar-refractivity contribution in [3.05, 3.63) is 0 Å². The van der Waals surface area contributed by atoms with Gasteiger partial charge in [-0.3, -0.25) is 18.4 Å². The predicted molar refractivity (Wildman–Crippen MR) is 61.6 cm³/mol. The van der Waals surface area contributed by atoms with Crippen molar-refractivity contribution in [2.24, 2.45) is 0 Å². The molecule has 0 N–H and O–H groups in total. The zero-order chi connectivity index (χ0) is 13.0. The summed E-state index contributed by atoms with van der Waals surface area (Å²) in [5, 5.41) is 0. The fourth-order valence-electron chi connectivity index (χ4n) is 0.782. The number of rotatable bonds is 6. The van der Waals surface area contributed by atoms with Crippen molar-refractivity contribution >= 4 is 22.1 Å². The third-order valence-corrected chi connectivity index (χ3v) is 3.76. The Hall–Kier alpha value is -0.203. The maximum absolute atomic E-state index is 11.6. The number of hydrogen-bond acceptors (Lipinski definition) is 6. The molecule has 0 saturated heterocycles. The summed E-state index contributed by atoms with van der Waals surface area (Å²) in [5.74, 6) is -0.562. The monoisotopic (exact) mass is 270 g/mol. The summed E-state index contributed by atoms with van der Waals surface area (Å²) in [7, 11) is -3.26. The highest BCUT2D eigenvalue weighted by Crippen LogP contribution is 2.48. The van der Waals surface area contributed by atoms with Crippen molar-refractivity contribution in [2.45, 2.75) is 32.7 Å². The molecule has 1 unspecified atom stereocenters. The molecule has 0 saturated carbocycles. The van der Waals surface area contributed by atoms with Crippen LogP contribution >= 0.6 is 7.82 Å². The van der Waals surface area contributed by atoms with Crippen molar-refractivity contribution in [1.82, 2.24) is 0 Å². The zero-order valence-corrected chi connectivity index (χ0v) is 12.4. The normalized spacial score (nSPS) is 14.6. The lowest BCUT2D eigenvalue weighted by Gasteiger charge is -2.22. The first-order chi connectivity index (χ1) is 7.13. The lowest BCUT2D eigenvalue weighted by Crippen LogP contribution is -2.34. The lowest BCUT2D eigenvalue weighted by molar-refractivity contribution is -0.143. The summed E-state index contributed by atoms with van der Waals surface area (Å²) in [6, 6.07) is 0. The maximum Gasteiger partial charge on any atom is 0.475 e. The van der Waals surface area contributed by atoms with E-state index in [9.17, 15) is 9.36 Å². The van der Waals surface area contributed by atoms with Gasteiger partial charge in [-0.2, -0.15) is 0 Å². The fraction of sp³-hybridized carbons (Fsp3) is 0.875. The van der Waals surface area contributed by atoms with E-state index in [1.807, 2.05) is 19.6 Å². The van der Waals surface area contributed by atoms with E-state index < -0.39 is 28.2 Å². The van der Waals surface area contributed by atoms with E-state index in [0.29, 0.717) is 0 Å². The molecule has 0 aromatic heterocycles. The first-order valence-electron chi connectivity index (χ1n) is 4.76. The SMILES string of the molecule is COP(=O)(OC)OC(C)C(=O)O[Si](C)(C)C. The van der Waals surface area contributed by atoms with Crippen LogP contribution in [-0.4, -0.2) is 34.6 Å². The average Bonchev–Trinajstić information content (AvgIpc) is 2.15. The molecular weight excluding hydrogens is 251 g/mol. The number of phosphoric acid groups is 1. The van der Waals surface area contributed by atoms with Gasteiger partial charge in [0, 0.05) is 14.2 Å². The van der Waals surface area contributed by atoms with E-state index >= 15 is 0 Å². The molecule has 0 amide bonds. The Balaban J connectivity index is 4.42. The Labute approximate surface area is 97.0 Å². The molecule has 0 spiro atoms. The number of carbonyl (C=O) groups excluding carboxylic acids is 1. The van der Waals surface area contributed by atoms with Crippen LogP contribution in [0.2, 0.25) is 19.6 Å². The van der Waals surface area contributed by atoms with Crippen LogP contribution in [0.3, 0.4) is 0 Å². The summed E-state index contributed by atoms with van der Waals surface area (Å²) in [4.78, 5) is 11.5. The third-order valence-electron chi connectivity index (χ3n) is 1.47. The second-order valence-electron chi connectivity index (χ2n) is 4.09. The van der Waals surface area contributed by atoms with Gasteiger partial charge in [0.1, 0.15) is 0 Å². The van der Waals surface area contributed by atoms with Crippen molar-refractivity contribution in [3.63, 3.8) is 0 Å². The van der Waals surface area contributed by atoms with Gasteiger partial charge in [-0.25, -0.2) is 4.57 Å². The molecule has 0 radical (unpaired) electrons. The van der Waals surface area contributed by atoms with Gasteiger partial charge in [-0.15, -0.1) is 0 Å². The molecule has 96 valence electrons. The molecule has 0 fully saturated rings. The third kappa shape index (κ3) is 5.76. The largest absolute Gasteiger partial charge is 0.518 e. The minimum Gasteiger partial charge on any atom is -0.518 e. The van der Waals surface area contributed by atoms with Crippen LogP contribution < -0.4 is 0 Å². The second kappa shape index (κ2) is 5.93. The first kappa shape index (κ1) is 15.8. The van der Waals surface area contributed by atoms with Crippen LogP contribution in [0.25, 0.3) is 0 Å². The van der Waals surface area contributed by atoms with E-state index in [4.69, 9.17) is 8.95 Å². The summed E-state index contributed by atoms with van der Waals surface area (Å²) < 4.78 is 30.8. The van der Waals surface area contributed by atoms with Gasteiger partial charge in [0.15, 0.2) is 6.10 Å². The standard InChI is InChI=1S/C8H19O6PSi/c1-7(8(9)14-16(4,5)6)13-15(10,11-2)12-3/h7H,1-6H3. The average molecular weight is 270 g/mol. The zero-order valence-electron chi connectivity index (χ0n) is 10.5. The van der Waals surface area contributed by atoms with E-state index in [0.717, 1.165) is 0 Å². The van der Waals surface area contributed by atoms with Gasteiger partial charge >= 0.3 is 13.8 Å². The Morgan fingerprint density at radius 2 is 1.62 bits per heavy atom. The number of hydrogen-bond donors (Lipinski definition) is 0. The molecule has 0 aromatic carbocycles. The maximum atomic E-state index is 11.6. The fourth-order valence-corrected chi connectivity index (χ4v) is 2.35. The second-order valence-corrected chi connectivity index (χ2v) is 10.4. The molecule has 8 heteroatoms. The Morgan fingerprint density at radius 3 is 1.94 bits per heavy atom.